The van der Waals surface area contributed by atoms with Gasteiger partial charge in [-0.3, -0.25) is 0 Å². The first-order valence-corrected chi connectivity index (χ1v) is 4.25. The number of hydrogen-bond donors (Lipinski definition) is 2. The SMILES string of the molecule is Bc1cc(Br)c(N)c(C(=C)O)c1. The van der Waals surface area contributed by atoms with Gasteiger partial charge in [0.05, 0.1) is 5.69 Å². The normalized spacial score (nSPS) is 9.75. The van der Waals surface area contributed by atoms with E-state index in [1.54, 1.807) is 6.07 Å². The van der Waals surface area contributed by atoms with Gasteiger partial charge in [0.15, 0.2) is 0 Å². The smallest absolute Gasteiger partial charge is 0.139 e. The number of rotatable bonds is 1. The molecular formula is C8H9BBrNO. The monoisotopic (exact) mass is 225 g/mol. The van der Waals surface area contributed by atoms with Gasteiger partial charge in [0, 0.05) is 10.0 Å². The molecule has 2 nitrogen and oxygen atoms in total. The number of anilines is 1. The molecule has 0 heterocycles. The van der Waals surface area contributed by atoms with Gasteiger partial charge in [0.2, 0.25) is 0 Å². The van der Waals surface area contributed by atoms with Crippen molar-refractivity contribution in [2.45, 2.75) is 0 Å². The van der Waals surface area contributed by atoms with Crippen molar-refractivity contribution < 1.29 is 5.11 Å². The summed E-state index contributed by atoms with van der Waals surface area (Å²) >= 11 is 3.29. The zero-order chi connectivity index (χ0) is 9.30. The summed E-state index contributed by atoms with van der Waals surface area (Å²) in [6.07, 6.45) is 0. The number of benzene rings is 1. The van der Waals surface area contributed by atoms with Gasteiger partial charge in [0.25, 0.3) is 0 Å². The molecule has 0 saturated heterocycles. The molecule has 0 bridgehead atoms. The summed E-state index contributed by atoms with van der Waals surface area (Å²) < 4.78 is 0.785. The van der Waals surface area contributed by atoms with Gasteiger partial charge in [-0.25, -0.2) is 0 Å². The average Bonchev–Trinajstić information content (AvgIpc) is 1.96. The lowest BCUT2D eigenvalue weighted by molar-refractivity contribution is 0.514. The largest absolute Gasteiger partial charge is 0.508 e. The van der Waals surface area contributed by atoms with E-state index in [0.29, 0.717) is 11.3 Å². The van der Waals surface area contributed by atoms with Crippen LogP contribution in [0.4, 0.5) is 5.69 Å². The molecular weight excluding hydrogens is 217 g/mol. The second-order valence-electron chi connectivity index (χ2n) is 2.65. The Kier molecular flexibility index (Phi) is 2.47. The van der Waals surface area contributed by atoms with Crippen molar-refractivity contribution in [1.82, 2.24) is 0 Å². The number of nitrogen functional groups attached to an aromatic ring is 1. The Morgan fingerprint density at radius 2 is 2.17 bits per heavy atom. The predicted molar refractivity (Wildman–Crippen MR) is 58.4 cm³/mol. The molecule has 3 N–H and O–H groups in total. The minimum absolute atomic E-state index is 0.00287. The highest BCUT2D eigenvalue weighted by Gasteiger charge is 2.05. The van der Waals surface area contributed by atoms with E-state index in [0.717, 1.165) is 9.94 Å². The van der Waals surface area contributed by atoms with Crippen LogP contribution in [-0.4, -0.2) is 13.0 Å². The molecule has 0 saturated carbocycles. The lowest BCUT2D eigenvalue weighted by Crippen LogP contribution is -2.06. The molecule has 0 aliphatic heterocycles. The number of aliphatic hydroxyl groups is 1. The van der Waals surface area contributed by atoms with E-state index in [1.807, 2.05) is 13.9 Å². The van der Waals surface area contributed by atoms with Gasteiger partial charge in [-0.2, -0.15) is 0 Å². The Bertz CT molecular complexity index is 338. The van der Waals surface area contributed by atoms with E-state index < -0.39 is 0 Å². The molecule has 0 aliphatic rings. The zero-order valence-electron chi connectivity index (χ0n) is 6.76. The first-order valence-electron chi connectivity index (χ1n) is 3.46. The van der Waals surface area contributed by atoms with Gasteiger partial charge < -0.3 is 10.8 Å². The molecule has 1 rings (SSSR count). The quantitative estimate of drug-likeness (QED) is 0.423. The van der Waals surface area contributed by atoms with Crippen LogP contribution >= 0.6 is 15.9 Å². The number of hydrogen-bond acceptors (Lipinski definition) is 2. The molecule has 4 heteroatoms. The lowest BCUT2D eigenvalue weighted by Gasteiger charge is -2.07. The molecule has 0 radical (unpaired) electrons. The highest BCUT2D eigenvalue weighted by atomic mass is 79.9. The molecule has 0 fully saturated rings. The molecule has 62 valence electrons. The highest BCUT2D eigenvalue weighted by molar-refractivity contribution is 9.10. The Labute approximate surface area is 80.6 Å². The highest BCUT2D eigenvalue weighted by Crippen LogP contribution is 2.25. The van der Waals surface area contributed by atoms with Crippen molar-refractivity contribution in [1.29, 1.82) is 0 Å². The molecule has 0 atom stereocenters. The van der Waals surface area contributed by atoms with E-state index in [9.17, 15) is 0 Å². The van der Waals surface area contributed by atoms with Crippen molar-refractivity contribution in [3.8, 4) is 0 Å². The second-order valence-corrected chi connectivity index (χ2v) is 3.51. The Balaban J connectivity index is 3.37. The van der Waals surface area contributed by atoms with Crippen LogP contribution in [-0.2, 0) is 0 Å². The molecule has 0 aliphatic carbocycles. The topological polar surface area (TPSA) is 46.2 Å². The zero-order valence-corrected chi connectivity index (χ0v) is 8.35. The standard InChI is InChI=1S/C8H9BBrNO/c1-4(12)6-2-5(9)3-7(10)8(6)11/h2-3,12H,1,9,11H2. The van der Waals surface area contributed by atoms with Crippen LogP contribution in [0.3, 0.4) is 0 Å². The van der Waals surface area contributed by atoms with Crippen LogP contribution in [0.5, 0.6) is 0 Å². The van der Waals surface area contributed by atoms with Gasteiger partial charge >= 0.3 is 0 Å². The Morgan fingerprint density at radius 1 is 1.58 bits per heavy atom. The second kappa shape index (κ2) is 3.23. The Morgan fingerprint density at radius 3 is 2.67 bits per heavy atom. The van der Waals surface area contributed by atoms with E-state index in [4.69, 9.17) is 10.8 Å². The fourth-order valence-electron chi connectivity index (χ4n) is 0.992. The first kappa shape index (κ1) is 9.19. The third-order valence-corrected chi connectivity index (χ3v) is 2.24. The van der Waals surface area contributed by atoms with E-state index in [1.165, 1.54) is 0 Å². The van der Waals surface area contributed by atoms with Crippen molar-refractivity contribution in [2.75, 3.05) is 5.73 Å². The maximum absolute atomic E-state index is 9.16. The van der Waals surface area contributed by atoms with E-state index in [-0.39, 0.29) is 5.76 Å². The molecule has 1 aromatic rings. The summed E-state index contributed by atoms with van der Waals surface area (Å²) in [5.74, 6) is -0.00287. The van der Waals surface area contributed by atoms with Crippen molar-refractivity contribution >= 4 is 40.7 Å². The molecule has 0 unspecified atom stereocenters. The predicted octanol–water partition coefficient (Wildman–Crippen LogP) is 0.818. The van der Waals surface area contributed by atoms with Crippen LogP contribution in [0.15, 0.2) is 23.2 Å². The third-order valence-electron chi connectivity index (χ3n) is 1.58. The summed E-state index contributed by atoms with van der Waals surface area (Å²) in [5, 5.41) is 9.16. The Hall–Kier alpha value is -0.895. The molecule has 12 heavy (non-hydrogen) atoms. The van der Waals surface area contributed by atoms with Gasteiger partial charge in [-0.05, 0) is 15.9 Å². The van der Waals surface area contributed by atoms with Gasteiger partial charge in [-0.15, -0.1) is 0 Å². The molecule has 1 aromatic carbocycles. The fourth-order valence-corrected chi connectivity index (χ4v) is 1.57. The minimum atomic E-state index is -0.00287. The maximum Gasteiger partial charge on any atom is 0.139 e. The van der Waals surface area contributed by atoms with Crippen LogP contribution < -0.4 is 11.2 Å². The summed E-state index contributed by atoms with van der Waals surface area (Å²) in [7, 11) is 1.93. The van der Waals surface area contributed by atoms with E-state index >= 15 is 0 Å². The van der Waals surface area contributed by atoms with Crippen LogP contribution in [0.1, 0.15) is 5.56 Å². The van der Waals surface area contributed by atoms with Crippen molar-refractivity contribution in [3.63, 3.8) is 0 Å². The third kappa shape index (κ3) is 1.64. The van der Waals surface area contributed by atoms with Gasteiger partial charge in [0.1, 0.15) is 13.6 Å². The molecule has 0 amide bonds. The summed E-state index contributed by atoms with van der Waals surface area (Å²) in [5.41, 5.74) is 7.82. The lowest BCUT2D eigenvalue weighted by atomic mass is 9.93. The van der Waals surface area contributed by atoms with Crippen molar-refractivity contribution in [2.24, 2.45) is 0 Å². The molecule has 0 spiro atoms. The number of nitrogens with two attached hydrogens (primary N) is 1. The van der Waals surface area contributed by atoms with Gasteiger partial charge in [-0.1, -0.05) is 24.2 Å². The maximum atomic E-state index is 9.16. The number of halogens is 1. The summed E-state index contributed by atoms with van der Waals surface area (Å²) in [6, 6.07) is 3.68. The summed E-state index contributed by atoms with van der Waals surface area (Å²) in [6.45, 7) is 3.42. The van der Waals surface area contributed by atoms with E-state index in [2.05, 4.69) is 22.5 Å². The van der Waals surface area contributed by atoms with Crippen molar-refractivity contribution in [3.05, 3.63) is 28.7 Å². The van der Waals surface area contributed by atoms with Crippen LogP contribution in [0, 0.1) is 0 Å². The average molecular weight is 226 g/mol. The fraction of sp³-hybridized carbons (Fsp3) is 0. The van der Waals surface area contributed by atoms with Crippen LogP contribution in [0.2, 0.25) is 0 Å². The number of aliphatic hydroxyl groups excluding tert-OH is 1. The summed E-state index contributed by atoms with van der Waals surface area (Å²) in [4.78, 5) is 0. The first-order chi connectivity index (χ1) is 5.52. The molecule has 0 aromatic heterocycles. The van der Waals surface area contributed by atoms with Crippen LogP contribution in [0.25, 0.3) is 5.76 Å². The minimum Gasteiger partial charge on any atom is -0.508 e.